The maximum Gasteiger partial charge on any atom is 0.319 e. The van der Waals surface area contributed by atoms with Crippen LogP contribution in [0, 0.1) is 24.0 Å². The summed E-state index contributed by atoms with van der Waals surface area (Å²) in [6.45, 7) is 3.25. The van der Waals surface area contributed by atoms with Gasteiger partial charge in [-0.1, -0.05) is 24.1 Å². The van der Waals surface area contributed by atoms with Crippen LogP contribution < -0.4 is 15.0 Å². The molecule has 8 nitrogen and oxygen atoms in total. The van der Waals surface area contributed by atoms with E-state index in [1.54, 1.807) is 30.5 Å². The van der Waals surface area contributed by atoms with Crippen LogP contribution in [-0.2, 0) is 12.1 Å². The van der Waals surface area contributed by atoms with Crippen molar-refractivity contribution in [3.05, 3.63) is 83.1 Å². The molecule has 3 fully saturated rings. The lowest BCUT2D eigenvalue weighted by atomic mass is 9.88. The lowest BCUT2D eigenvalue weighted by Gasteiger charge is -2.35. The average molecular weight is 631 g/mol. The molecule has 4 aliphatic rings. The van der Waals surface area contributed by atoms with Crippen molar-refractivity contribution in [3.63, 3.8) is 0 Å². The van der Waals surface area contributed by atoms with Gasteiger partial charge >= 0.3 is 6.01 Å². The van der Waals surface area contributed by atoms with E-state index in [1.165, 1.54) is 12.1 Å². The van der Waals surface area contributed by atoms with Crippen molar-refractivity contribution in [3.8, 4) is 35.4 Å². The molecule has 3 aromatic carbocycles. The number of hydrogen-bond donors (Lipinski definition) is 2. The molecular weight excluding hydrogens is 598 g/mol. The van der Waals surface area contributed by atoms with Crippen LogP contribution in [0.4, 0.5) is 14.6 Å². The van der Waals surface area contributed by atoms with E-state index < -0.39 is 11.4 Å². The Kier molecular flexibility index (Phi) is 6.39. The highest BCUT2D eigenvalue weighted by Gasteiger charge is 2.49. The molecule has 0 saturated carbocycles. The van der Waals surface area contributed by atoms with E-state index in [2.05, 4.69) is 31.0 Å². The van der Waals surface area contributed by atoms with Gasteiger partial charge in [-0.15, -0.1) is 6.42 Å². The molecule has 3 atom stereocenters. The van der Waals surface area contributed by atoms with Crippen molar-refractivity contribution in [1.29, 1.82) is 0 Å². The largest absolute Gasteiger partial charge is 0.508 e. The molecule has 2 bridgehead atoms. The van der Waals surface area contributed by atoms with Crippen LogP contribution in [-0.4, -0.2) is 63.3 Å². The fraction of sp³-hybridized carbons (Fsp3) is 0.324. The summed E-state index contributed by atoms with van der Waals surface area (Å²) in [5.41, 5.74) is 2.68. The summed E-state index contributed by atoms with van der Waals surface area (Å²) in [6, 6.07) is 14.2. The number of hydrogen-bond acceptors (Lipinski definition) is 8. The number of halogens is 2. The summed E-state index contributed by atoms with van der Waals surface area (Å²) in [4.78, 5) is 18.7. The highest BCUT2D eigenvalue weighted by atomic mass is 19.1. The number of aromatic hydroxyl groups is 1. The van der Waals surface area contributed by atoms with Crippen LogP contribution in [0.5, 0.6) is 11.8 Å². The Hall–Kier alpha value is -4.85. The molecule has 5 aromatic rings. The van der Waals surface area contributed by atoms with Crippen molar-refractivity contribution < 1.29 is 18.6 Å². The number of nitrogens with zero attached hydrogens (tertiary/aromatic N) is 5. The monoisotopic (exact) mass is 630 g/mol. The third-order valence-electron chi connectivity index (χ3n) is 10.5. The number of pyridine rings is 1. The molecule has 4 aliphatic heterocycles. The molecule has 0 aliphatic carbocycles. The quantitative estimate of drug-likeness (QED) is 0.242. The van der Waals surface area contributed by atoms with Crippen LogP contribution in [0.3, 0.4) is 0 Å². The second-order valence-electron chi connectivity index (χ2n) is 13.2. The Morgan fingerprint density at radius 2 is 1.94 bits per heavy atom. The summed E-state index contributed by atoms with van der Waals surface area (Å²) in [5, 5.41) is 16.0. The van der Waals surface area contributed by atoms with Gasteiger partial charge < -0.3 is 20.1 Å². The first-order valence-corrected chi connectivity index (χ1v) is 16.2. The minimum atomic E-state index is -0.643. The van der Waals surface area contributed by atoms with Crippen LogP contribution in [0.15, 0.2) is 54.7 Å². The van der Waals surface area contributed by atoms with Gasteiger partial charge in [-0.3, -0.25) is 9.88 Å². The van der Waals surface area contributed by atoms with Crippen molar-refractivity contribution in [1.82, 2.24) is 25.2 Å². The zero-order valence-electron chi connectivity index (χ0n) is 25.6. The number of terminal acetylenes is 1. The first-order chi connectivity index (χ1) is 22.9. The lowest BCUT2D eigenvalue weighted by molar-refractivity contribution is 0.0826. The molecule has 236 valence electrons. The summed E-state index contributed by atoms with van der Waals surface area (Å²) >= 11 is 0. The van der Waals surface area contributed by atoms with Crippen LogP contribution in [0.1, 0.15) is 42.4 Å². The predicted octanol–water partition coefficient (Wildman–Crippen LogP) is 5.63. The van der Waals surface area contributed by atoms with E-state index in [0.717, 1.165) is 56.4 Å². The van der Waals surface area contributed by atoms with Crippen molar-refractivity contribution in [2.45, 2.75) is 49.9 Å². The molecule has 3 unspecified atom stereocenters. The normalized spacial score (nSPS) is 23.3. The van der Waals surface area contributed by atoms with Crippen molar-refractivity contribution in [2.75, 3.05) is 31.1 Å². The summed E-state index contributed by atoms with van der Waals surface area (Å²) in [6.07, 6.45) is 11.5. The molecule has 6 heterocycles. The first-order valence-electron chi connectivity index (χ1n) is 16.2. The van der Waals surface area contributed by atoms with E-state index in [0.29, 0.717) is 51.7 Å². The van der Waals surface area contributed by atoms with Crippen LogP contribution in [0.2, 0.25) is 0 Å². The molecule has 2 aromatic heterocycles. The number of benzene rings is 3. The van der Waals surface area contributed by atoms with Gasteiger partial charge in [0.25, 0.3) is 0 Å². The Morgan fingerprint density at radius 3 is 2.77 bits per heavy atom. The third-order valence-corrected chi connectivity index (χ3v) is 10.5. The van der Waals surface area contributed by atoms with E-state index in [9.17, 15) is 9.50 Å². The van der Waals surface area contributed by atoms with E-state index >= 15 is 4.39 Å². The number of ether oxygens (including phenoxy) is 1. The van der Waals surface area contributed by atoms with Gasteiger partial charge in [0.15, 0.2) is 5.82 Å². The van der Waals surface area contributed by atoms with Gasteiger partial charge in [-0.05, 0) is 79.1 Å². The standard InChI is InChI=1S/C37H32F2N6O2/c1-2-21-5-3-6-22-14-27(46)15-28(31(21)22)33-32(39)34-29(16-40-33)35(44-18-25-8-9-26(19-44)41-25)43-36(42-34)47-20-37-11-4-12-45(37)17-23-13-24(38)7-10-30(23)37/h1,3,5-7,10,13-16,25-26,41,46H,4,8-9,11-12,17-20H2. The Labute approximate surface area is 270 Å². The van der Waals surface area contributed by atoms with E-state index in [1.807, 2.05) is 12.1 Å². The van der Waals surface area contributed by atoms with Gasteiger partial charge in [0.1, 0.15) is 35.2 Å². The minimum absolute atomic E-state index is 0.0243. The number of phenols is 1. The van der Waals surface area contributed by atoms with Gasteiger partial charge in [0.05, 0.1) is 10.9 Å². The number of anilines is 1. The number of aromatic nitrogens is 3. The minimum Gasteiger partial charge on any atom is -0.508 e. The number of piperazine rings is 1. The Bertz CT molecular complexity index is 2140. The fourth-order valence-electron chi connectivity index (χ4n) is 8.45. The topological polar surface area (TPSA) is 86.6 Å². The molecule has 2 N–H and O–H groups in total. The van der Waals surface area contributed by atoms with Crippen molar-refractivity contribution >= 4 is 27.5 Å². The molecule has 47 heavy (non-hydrogen) atoms. The molecular formula is C37H32F2N6O2. The van der Waals surface area contributed by atoms with Crippen molar-refractivity contribution in [2.24, 2.45) is 0 Å². The number of nitrogens with one attached hydrogen (secondary N) is 1. The summed E-state index contributed by atoms with van der Waals surface area (Å²) < 4.78 is 37.5. The molecule has 9 rings (SSSR count). The summed E-state index contributed by atoms with van der Waals surface area (Å²) in [5.74, 6) is 2.36. The molecule has 3 saturated heterocycles. The molecule has 10 heteroatoms. The van der Waals surface area contributed by atoms with Crippen LogP contribution >= 0.6 is 0 Å². The Morgan fingerprint density at radius 1 is 1.09 bits per heavy atom. The van der Waals surface area contributed by atoms with E-state index in [-0.39, 0.29) is 35.4 Å². The highest BCUT2D eigenvalue weighted by molar-refractivity contribution is 6.02. The zero-order chi connectivity index (χ0) is 31.9. The highest BCUT2D eigenvalue weighted by Crippen LogP contribution is 2.47. The van der Waals surface area contributed by atoms with Gasteiger partial charge in [-0.2, -0.15) is 9.97 Å². The fourth-order valence-corrected chi connectivity index (χ4v) is 8.45. The smallest absolute Gasteiger partial charge is 0.319 e. The second kappa shape index (κ2) is 10.6. The first kappa shape index (κ1) is 28.4. The Balaban J connectivity index is 1.18. The van der Waals surface area contributed by atoms with Crippen LogP contribution in [0.25, 0.3) is 32.9 Å². The maximum atomic E-state index is 16.9. The predicted molar refractivity (Wildman–Crippen MR) is 175 cm³/mol. The van der Waals surface area contributed by atoms with Gasteiger partial charge in [0, 0.05) is 54.4 Å². The number of rotatable bonds is 5. The van der Waals surface area contributed by atoms with Gasteiger partial charge in [-0.25, -0.2) is 8.78 Å². The number of phenolic OH excluding ortho intramolecular Hbond substituents is 1. The third kappa shape index (κ3) is 4.44. The molecule has 0 amide bonds. The van der Waals surface area contributed by atoms with Gasteiger partial charge in [0.2, 0.25) is 0 Å². The molecule has 0 radical (unpaired) electrons. The lowest BCUT2D eigenvalue weighted by Crippen LogP contribution is -2.51. The van der Waals surface area contributed by atoms with E-state index in [4.69, 9.17) is 16.1 Å². The summed E-state index contributed by atoms with van der Waals surface area (Å²) in [7, 11) is 0. The average Bonchev–Trinajstić information content (AvgIpc) is 3.72. The zero-order valence-corrected chi connectivity index (χ0v) is 25.6. The number of fused-ring (bicyclic) bond motifs is 7. The molecule has 0 spiro atoms. The maximum absolute atomic E-state index is 16.9. The second-order valence-corrected chi connectivity index (χ2v) is 13.2. The SMILES string of the molecule is C#Cc1cccc2cc(O)cc(-c3ncc4c(N5CC6CCC(C5)N6)nc(OCC56CCCN5Cc5cc(F)ccc56)nc4c3F)c12.